The molecule has 13 aromatic carbocycles. The number of nitrogens with two attached hydrogens (primary N) is 2. The van der Waals surface area contributed by atoms with Crippen LogP contribution in [0.1, 0.15) is 131 Å². The number of carbonyl (C=O) groups is 4. The van der Waals surface area contributed by atoms with Crippen LogP contribution >= 0.6 is 111 Å². The third-order valence-electron chi connectivity index (χ3n) is 22.1. The number of benzene rings is 13. The van der Waals surface area contributed by atoms with Crippen molar-refractivity contribution in [1.29, 1.82) is 5.26 Å². The minimum Gasteiger partial charge on any atom is -0.388 e. The van der Waals surface area contributed by atoms with E-state index in [1.165, 1.54) is 121 Å². The highest BCUT2D eigenvalue weighted by Gasteiger charge is 2.40. The maximum atomic E-state index is 13.0. The average molecular weight is 1980 g/mol. The van der Waals surface area contributed by atoms with Gasteiger partial charge in [0.2, 0.25) is 0 Å². The van der Waals surface area contributed by atoms with Gasteiger partial charge in [0, 0.05) is 138 Å². The summed E-state index contributed by atoms with van der Waals surface area (Å²) in [4.78, 5) is 64.7. The van der Waals surface area contributed by atoms with E-state index in [1.807, 2.05) is 159 Å². The van der Waals surface area contributed by atoms with E-state index in [4.69, 9.17) is 11.5 Å². The Labute approximate surface area is 810 Å². The van der Waals surface area contributed by atoms with Crippen molar-refractivity contribution in [2.24, 2.45) is 5.73 Å². The van der Waals surface area contributed by atoms with Gasteiger partial charge in [0.25, 0.3) is 11.8 Å². The van der Waals surface area contributed by atoms with Crippen LogP contribution in [0, 0.1) is 11.3 Å². The Morgan fingerprint density at radius 2 is 0.712 bits per heavy atom. The van der Waals surface area contributed by atoms with Crippen LogP contribution in [-0.4, -0.2) is 43.4 Å². The van der Waals surface area contributed by atoms with E-state index < -0.39 is 6.10 Å². The molecule has 0 saturated carbocycles. The van der Waals surface area contributed by atoms with Gasteiger partial charge >= 0.3 is 0 Å². The molecule has 9 heterocycles. The fraction of sp³-hybridized carbons (Fsp3) is 0.0901. The molecule has 2 amide bonds. The number of nitrogens with one attached hydrogen (secondary N) is 1. The number of nitrogens with zero attached hydrogens (tertiary/aromatic N) is 4. The highest BCUT2D eigenvalue weighted by atomic mass is 79.9. The van der Waals surface area contributed by atoms with Gasteiger partial charge in [-0.25, -0.2) is 9.97 Å². The van der Waals surface area contributed by atoms with E-state index >= 15 is 0 Å². The van der Waals surface area contributed by atoms with Gasteiger partial charge in [-0.2, -0.15) is 5.26 Å². The number of aliphatic hydroxyl groups excluding tert-OH is 1. The number of hydrogen-bond donors (Lipinski definition) is 4. The van der Waals surface area contributed by atoms with Crippen molar-refractivity contribution in [2.45, 2.75) is 65.8 Å². The van der Waals surface area contributed by atoms with Gasteiger partial charge in [0.1, 0.15) is 29.6 Å². The van der Waals surface area contributed by atoms with E-state index in [1.54, 1.807) is 106 Å². The first kappa shape index (κ1) is 92.4. The van der Waals surface area contributed by atoms with Gasteiger partial charge in [-0.15, -0.1) is 79.4 Å². The summed E-state index contributed by atoms with van der Waals surface area (Å²) in [5, 5.41) is 33.3. The SMILES string of the molecule is Brc1csc2ccccc12.CC(=O)c1sc2ccccc2c1-c1ccccc1.CC(=O)c1sc2ccccc2c1Br.CC(N)c1sc2ccccc2c1-c1ccccc1.CC(Nc1ncnc(N)c1C#N)c1sc2ccccc2c1-c1ccccc1.CC(O)c1sc2ccccc2c1-c1ccccc1.CC(c1sc2ccccc2c1-c1ccccc1)N1C(=O)c2ccccc2C1=O. The highest BCUT2D eigenvalue weighted by molar-refractivity contribution is 9.11. The number of amides is 2. The zero-order valence-corrected chi connectivity index (χ0v) is 81.4. The summed E-state index contributed by atoms with van der Waals surface area (Å²) in [5.41, 5.74) is 24.8. The van der Waals surface area contributed by atoms with Gasteiger partial charge in [-0.1, -0.05) is 291 Å². The number of nitriles is 1. The molecule has 12 nitrogen and oxygen atoms in total. The quantitative estimate of drug-likeness (QED) is 0.0595. The van der Waals surface area contributed by atoms with Gasteiger partial charge in [-0.3, -0.25) is 24.1 Å². The molecule has 21 aromatic rings. The number of hydrogen-bond acceptors (Lipinski definition) is 18. The lowest BCUT2D eigenvalue weighted by Gasteiger charge is -2.23. The van der Waals surface area contributed by atoms with Crippen molar-refractivity contribution in [3.8, 4) is 61.7 Å². The summed E-state index contributed by atoms with van der Waals surface area (Å²) in [7, 11) is 0. The molecule has 132 heavy (non-hydrogen) atoms. The average Bonchev–Trinajstić information content (AvgIpc) is 1.59. The molecule has 0 fully saturated rings. The third kappa shape index (κ3) is 20.1. The smallest absolute Gasteiger partial charge is 0.262 e. The predicted octanol–water partition coefficient (Wildman–Crippen LogP) is 32.4. The first-order valence-electron chi connectivity index (χ1n) is 42.6. The lowest BCUT2D eigenvalue weighted by Crippen LogP contribution is -2.32. The second-order valence-electron chi connectivity index (χ2n) is 31.0. The summed E-state index contributed by atoms with van der Waals surface area (Å²) in [5.74, 6) is 0.452. The molecule has 652 valence electrons. The summed E-state index contributed by atoms with van der Waals surface area (Å²) in [6.07, 6.45) is 0.937. The number of imide groups is 1. The summed E-state index contributed by atoms with van der Waals surface area (Å²) >= 11 is 18.7. The minimum atomic E-state index is -0.433. The molecule has 4 unspecified atom stereocenters. The predicted molar refractivity (Wildman–Crippen MR) is 567 cm³/mol. The first-order valence-corrected chi connectivity index (χ1v) is 49.9. The Balaban J connectivity index is 0.000000115. The number of Topliss-reactive ketones (excluding diaryl/α,β-unsaturated/α-hetero) is 2. The number of aromatic nitrogens is 2. The van der Waals surface area contributed by atoms with Gasteiger partial charge in [0.15, 0.2) is 11.6 Å². The molecule has 8 aromatic heterocycles. The molecule has 0 aliphatic carbocycles. The molecular formula is C111H87Br2N7O5S7. The number of ketones is 2. The molecule has 4 atom stereocenters. The molecular weight excluding hydrogens is 1900 g/mol. The number of fused-ring (bicyclic) bond motifs is 8. The number of carbonyl (C=O) groups excluding carboxylic acids is 4. The standard InChI is InChI=1S/C24H17NO2S.C21H17N5S.C16H15NS.C16H14OS.C16H12OS.C10H7BrOS.C8H5BrS/c1-15(25-23(26)17-11-5-6-12-18(17)24(25)27)22-21(16-9-3-2-4-10-16)19-13-7-8-14-20(19)28-22;1-13(26-21-16(11-22)20(23)24-12-25-21)19-18(14-7-3-2-4-8-14)15-9-5-6-10-17(15)27-19;3*1-11(17)16-15(12-7-3-2-4-8-12)13-9-5-6-10-14(13)18-16;1-6(12)10-9(11)7-4-2-3-5-8(7)13-10;9-7-5-10-8-4-2-1-3-6(7)8/h2-15H,1H3;2-10,12-13H,1H3,(H3,23,24,25,26);2-11H,17H2,1H3;2-11,17H,1H3;2-10H,1H3;2-5H,1H3;1-5H. The van der Waals surface area contributed by atoms with Crippen molar-refractivity contribution in [3.05, 3.63) is 412 Å². The van der Waals surface area contributed by atoms with E-state index in [-0.39, 0.29) is 52.9 Å². The van der Waals surface area contributed by atoms with Crippen molar-refractivity contribution in [2.75, 3.05) is 11.1 Å². The lowest BCUT2D eigenvalue weighted by molar-refractivity contribution is 0.0597. The maximum Gasteiger partial charge on any atom is 0.262 e. The van der Waals surface area contributed by atoms with Gasteiger partial charge in [-0.05, 0) is 156 Å². The number of anilines is 2. The van der Waals surface area contributed by atoms with Crippen molar-refractivity contribution < 1.29 is 24.3 Å². The Hall–Kier alpha value is -12.9. The second kappa shape index (κ2) is 42.6. The van der Waals surface area contributed by atoms with Crippen LogP contribution < -0.4 is 16.8 Å². The van der Waals surface area contributed by atoms with Crippen LogP contribution in [0.25, 0.3) is 126 Å². The molecule has 6 N–H and O–H groups in total. The molecule has 0 saturated heterocycles. The van der Waals surface area contributed by atoms with Gasteiger partial charge in [0.05, 0.1) is 39.1 Å². The Bertz CT molecular complexity index is 7600. The summed E-state index contributed by atoms with van der Waals surface area (Å²) in [6.45, 7) is 11.1. The lowest BCUT2D eigenvalue weighted by atomic mass is 9.99. The van der Waals surface area contributed by atoms with Gasteiger partial charge < -0.3 is 21.9 Å². The Morgan fingerprint density at radius 1 is 0.394 bits per heavy atom. The van der Waals surface area contributed by atoms with E-state index in [9.17, 15) is 29.5 Å². The highest BCUT2D eigenvalue weighted by Crippen LogP contribution is 2.49. The molecule has 0 radical (unpaired) electrons. The molecule has 22 rings (SSSR count). The maximum absolute atomic E-state index is 13.0. The molecule has 21 heteroatoms. The number of thiophene rings is 7. The van der Waals surface area contributed by atoms with Crippen molar-refractivity contribution >= 4 is 217 Å². The largest absolute Gasteiger partial charge is 0.388 e. The molecule has 1 aliphatic heterocycles. The zero-order valence-electron chi connectivity index (χ0n) is 72.5. The van der Waals surface area contributed by atoms with Crippen molar-refractivity contribution in [1.82, 2.24) is 14.9 Å². The first-order chi connectivity index (χ1) is 64.2. The number of aliphatic hydroxyl groups is 1. The van der Waals surface area contributed by atoms with Crippen LogP contribution in [0.4, 0.5) is 11.6 Å². The fourth-order valence-corrected chi connectivity index (χ4v) is 25.5. The monoisotopic (exact) mass is 1980 g/mol. The zero-order chi connectivity index (χ0) is 92.1. The summed E-state index contributed by atoms with van der Waals surface area (Å²) < 4.78 is 10.7. The van der Waals surface area contributed by atoms with E-state index in [0.29, 0.717) is 16.9 Å². The molecule has 0 spiro atoms. The Kier molecular flexibility index (Phi) is 29.8. The number of rotatable bonds is 14. The minimum absolute atomic E-state index is 0.0565. The van der Waals surface area contributed by atoms with Crippen molar-refractivity contribution in [3.63, 3.8) is 0 Å². The van der Waals surface area contributed by atoms with Crippen LogP contribution in [0.5, 0.6) is 0 Å². The number of halogens is 2. The van der Waals surface area contributed by atoms with Crippen LogP contribution in [0.2, 0.25) is 0 Å². The van der Waals surface area contributed by atoms with Crippen LogP contribution in [-0.2, 0) is 0 Å². The normalized spacial score (nSPS) is 12.3. The summed E-state index contributed by atoms with van der Waals surface area (Å²) in [6, 6.07) is 118. The fourth-order valence-electron chi connectivity index (χ4n) is 16.0. The van der Waals surface area contributed by atoms with Crippen LogP contribution in [0.15, 0.2) is 366 Å². The molecule has 1 aliphatic rings. The van der Waals surface area contributed by atoms with Crippen LogP contribution in [0.3, 0.4) is 0 Å². The Morgan fingerprint density at radius 3 is 1.11 bits per heavy atom. The van der Waals surface area contributed by atoms with E-state index in [0.717, 1.165) is 66.4 Å². The van der Waals surface area contributed by atoms with E-state index in [2.05, 4.69) is 248 Å². The number of nitrogen functional groups attached to an aromatic ring is 1. The second-order valence-corrected chi connectivity index (χ2v) is 40.0. The third-order valence-corrected chi connectivity index (χ3v) is 33.1. The topological polar surface area (TPSA) is 205 Å². The molecule has 0 bridgehead atoms.